The minimum Gasteiger partial charge on any atom is -0.351 e. The van der Waals surface area contributed by atoms with E-state index in [9.17, 15) is 56.3 Å². The molecule has 6 rings (SSSR count). The molecular weight excluding hydrogens is 1370 g/mol. The van der Waals surface area contributed by atoms with Crippen LogP contribution in [0, 0.1) is 27.7 Å². The molecule has 2 heterocycles. The lowest BCUT2D eigenvalue weighted by Crippen LogP contribution is -2.64. The Balaban J connectivity index is 1.38. The van der Waals surface area contributed by atoms with E-state index < -0.39 is 155 Å². The number of likely N-dealkylation sites (N-methyl/N-ethyl adjacent to an activating group) is 6. The van der Waals surface area contributed by atoms with Crippen LogP contribution in [0.25, 0.3) is 0 Å². The summed E-state index contributed by atoms with van der Waals surface area (Å²) < 4.78 is 42.4. The van der Waals surface area contributed by atoms with Crippen LogP contribution >= 0.6 is 34.2 Å². The van der Waals surface area contributed by atoms with Crippen LogP contribution < -0.4 is 21.3 Å². The summed E-state index contributed by atoms with van der Waals surface area (Å²) in [5, 5.41) is 11.0. The number of nitrogens with one attached hydrogen (secondary N) is 4. The Labute approximate surface area is 574 Å². The standard InChI is InChI=1S/C68H94ClF3IN11O11/c1-11-13-22-51-60(89)76-58(42(3)12-2)65(94)80(7)40-56(87)78(5)41-57(88)82(9)53(33-28-44-24-29-47(73)30-25-44)64(93)79(6)39-54(85)75-50(32-27-45-26-31-48(49(69)38-45)68(70,71)72)63(92)84-36-19-23-52(84)61(90)77-67(34-17-18-35-67)66(95)83(10)59(46-20-15-14-16-21-46)62(91)74-43(4)37-55(86)81(51)8/h1,24-26,29-31,38,42-43,46,50-53,58-59H,12-23,27-28,32-37,39-41H2,2-10H3,(H,74,91)(H,75,85)(H,76,89)(H,77,90)/t42-,43+,50-,51-,52-,53-,58-,59-/m0/s1. The molecule has 1 spiro atoms. The first-order chi connectivity index (χ1) is 44.8. The third-order valence-electron chi connectivity index (χ3n) is 19.3. The number of fused-ring (bicyclic) bond motifs is 1. The molecule has 0 unspecified atom stereocenters. The van der Waals surface area contributed by atoms with E-state index in [1.54, 1.807) is 13.8 Å². The Morgan fingerprint density at radius 1 is 0.663 bits per heavy atom. The van der Waals surface area contributed by atoms with Gasteiger partial charge in [-0.2, -0.15) is 13.2 Å². The summed E-state index contributed by atoms with van der Waals surface area (Å²) >= 11 is 8.29. The number of halogens is 5. The van der Waals surface area contributed by atoms with Crippen molar-refractivity contribution in [1.82, 2.24) is 55.6 Å². The number of terminal acetylenes is 1. The lowest BCUT2D eigenvalue weighted by Gasteiger charge is -2.41. The Bertz CT molecular complexity index is 3160. The number of aryl methyl sites for hydroxylation is 2. The Hall–Kier alpha value is -7.02. The maximum atomic E-state index is 15.3. The molecule has 522 valence electrons. The summed E-state index contributed by atoms with van der Waals surface area (Å²) in [5.74, 6) is -5.40. The van der Waals surface area contributed by atoms with E-state index in [0.29, 0.717) is 44.1 Å². The van der Waals surface area contributed by atoms with Crippen LogP contribution in [0.5, 0.6) is 0 Å². The first kappa shape index (κ1) is 77.0. The highest BCUT2D eigenvalue weighted by Gasteiger charge is 2.50. The minimum atomic E-state index is -4.76. The fourth-order valence-corrected chi connectivity index (χ4v) is 14.0. The molecule has 2 aliphatic heterocycles. The number of rotatable bonds is 11. The summed E-state index contributed by atoms with van der Waals surface area (Å²) in [4.78, 5) is 169. The molecule has 11 amide bonds. The largest absolute Gasteiger partial charge is 0.417 e. The maximum absolute atomic E-state index is 15.3. The van der Waals surface area contributed by atoms with Gasteiger partial charge < -0.3 is 55.6 Å². The van der Waals surface area contributed by atoms with Crippen molar-refractivity contribution in [1.29, 1.82) is 0 Å². The lowest BCUT2D eigenvalue weighted by atomic mass is 9.82. The van der Waals surface area contributed by atoms with Crippen molar-refractivity contribution < 1.29 is 65.9 Å². The zero-order chi connectivity index (χ0) is 70.2. The minimum absolute atomic E-state index is 0.00730. The fraction of sp³-hybridized carbons (Fsp3) is 0.632. The maximum Gasteiger partial charge on any atom is 0.417 e. The summed E-state index contributed by atoms with van der Waals surface area (Å²) in [6.45, 7) is 3.49. The highest BCUT2D eigenvalue weighted by molar-refractivity contribution is 14.1. The van der Waals surface area contributed by atoms with Gasteiger partial charge in [-0.25, -0.2) is 0 Å². The third-order valence-corrected chi connectivity index (χ3v) is 20.3. The van der Waals surface area contributed by atoms with Gasteiger partial charge in [-0.05, 0) is 147 Å². The second-order valence-electron chi connectivity index (χ2n) is 26.3. The van der Waals surface area contributed by atoms with Crippen LogP contribution in [-0.4, -0.2) is 216 Å². The Morgan fingerprint density at radius 3 is 1.89 bits per heavy atom. The van der Waals surface area contributed by atoms with Crippen LogP contribution in [-0.2, 0) is 71.8 Å². The molecule has 2 saturated heterocycles. The smallest absolute Gasteiger partial charge is 0.351 e. The van der Waals surface area contributed by atoms with E-state index in [1.165, 1.54) is 68.0 Å². The molecule has 2 aromatic rings. The zero-order valence-corrected chi connectivity index (χ0v) is 59.0. The SMILES string of the molecule is C#CCC[C@H]1C(=O)N[C@@H]([C@@H](C)CC)C(=O)N(C)CC(=O)N(C)CC(=O)N(C)[C@@H](CCc2ccc(I)cc2)C(=O)N(C)CC(=O)N[C@@H](CCc2ccc(C(F)(F)F)c(Cl)c2)C(=O)N2CCC[C@H]2C(=O)NC2(CCCC2)C(=O)N(C)[C@@H](C2CCCCC2)C(=O)N[C@H](C)CC(=O)N1C. The van der Waals surface area contributed by atoms with E-state index in [4.69, 9.17) is 18.0 Å². The van der Waals surface area contributed by atoms with Crippen molar-refractivity contribution >= 4 is 99.2 Å². The summed E-state index contributed by atoms with van der Waals surface area (Å²) in [5.41, 5.74) is -1.45. The molecule has 4 aliphatic rings. The highest BCUT2D eigenvalue weighted by Crippen LogP contribution is 2.37. The molecule has 4 N–H and O–H groups in total. The summed E-state index contributed by atoms with van der Waals surface area (Å²) in [6.07, 6.45) is 6.94. The number of hydrogen-bond donors (Lipinski definition) is 4. The molecule has 22 nitrogen and oxygen atoms in total. The average Bonchev–Trinajstić information content (AvgIpc) is 1.74. The number of carbonyl (C=O) groups is 11. The lowest BCUT2D eigenvalue weighted by molar-refractivity contribution is -0.150. The van der Waals surface area contributed by atoms with Gasteiger partial charge in [0.05, 0.1) is 30.2 Å². The Morgan fingerprint density at radius 2 is 1.27 bits per heavy atom. The van der Waals surface area contributed by atoms with E-state index in [0.717, 1.165) is 55.2 Å². The molecule has 2 saturated carbocycles. The fourth-order valence-electron chi connectivity index (χ4n) is 13.4. The van der Waals surface area contributed by atoms with Crippen molar-refractivity contribution in [2.45, 2.75) is 197 Å². The average molecular weight is 1460 g/mol. The zero-order valence-electron chi connectivity index (χ0n) is 56.1. The van der Waals surface area contributed by atoms with E-state index >= 15 is 9.59 Å². The second kappa shape index (κ2) is 34.8. The number of carbonyl (C=O) groups excluding carboxylic acids is 11. The van der Waals surface area contributed by atoms with Crippen LogP contribution in [0.4, 0.5) is 13.2 Å². The summed E-state index contributed by atoms with van der Waals surface area (Å²) in [6, 6.07) is 2.59. The monoisotopic (exact) mass is 1460 g/mol. The number of benzene rings is 2. The van der Waals surface area contributed by atoms with Gasteiger partial charge in [0.1, 0.15) is 41.8 Å². The quantitative estimate of drug-likeness (QED) is 0.156. The van der Waals surface area contributed by atoms with Gasteiger partial charge in [0.25, 0.3) is 0 Å². The molecule has 4 fully saturated rings. The van der Waals surface area contributed by atoms with E-state index in [2.05, 4.69) is 49.8 Å². The second-order valence-corrected chi connectivity index (χ2v) is 27.9. The highest BCUT2D eigenvalue weighted by atomic mass is 127. The molecule has 0 radical (unpaired) electrons. The normalized spacial score (nSPS) is 25.3. The van der Waals surface area contributed by atoms with Crippen molar-refractivity contribution in [3.05, 3.63) is 67.7 Å². The third kappa shape index (κ3) is 20.3. The Kier molecular flexibility index (Phi) is 28.2. The number of amides is 11. The molecule has 8 atom stereocenters. The van der Waals surface area contributed by atoms with Gasteiger partial charge in [-0.15, -0.1) is 12.3 Å². The predicted molar refractivity (Wildman–Crippen MR) is 359 cm³/mol. The number of nitrogens with zero attached hydrogens (tertiary/aromatic N) is 7. The van der Waals surface area contributed by atoms with Gasteiger partial charge in [0.2, 0.25) is 65.0 Å². The molecule has 27 heteroatoms. The van der Waals surface area contributed by atoms with Gasteiger partial charge in [0, 0.05) is 71.3 Å². The first-order valence-electron chi connectivity index (χ1n) is 32.9. The van der Waals surface area contributed by atoms with E-state index in [-0.39, 0.29) is 76.7 Å². The van der Waals surface area contributed by atoms with Crippen molar-refractivity contribution in [3.63, 3.8) is 0 Å². The van der Waals surface area contributed by atoms with Crippen LogP contribution in [0.2, 0.25) is 5.02 Å². The topological polar surface area (TPSA) is 259 Å². The molecule has 2 aliphatic carbocycles. The van der Waals surface area contributed by atoms with E-state index in [1.807, 2.05) is 31.2 Å². The van der Waals surface area contributed by atoms with Gasteiger partial charge in [-0.3, -0.25) is 52.7 Å². The van der Waals surface area contributed by atoms with Crippen LogP contribution in [0.3, 0.4) is 0 Å². The number of hydrogen-bond acceptors (Lipinski definition) is 11. The van der Waals surface area contributed by atoms with Crippen LogP contribution in [0.1, 0.15) is 147 Å². The molecule has 95 heavy (non-hydrogen) atoms. The molecular formula is C68H94ClF3IN11O11. The molecule has 2 aromatic carbocycles. The van der Waals surface area contributed by atoms with Gasteiger partial charge in [0.15, 0.2) is 0 Å². The van der Waals surface area contributed by atoms with Crippen molar-refractivity contribution in [3.8, 4) is 12.3 Å². The van der Waals surface area contributed by atoms with Crippen molar-refractivity contribution in [2.75, 3.05) is 68.5 Å². The molecule has 0 bridgehead atoms. The predicted octanol–water partition coefficient (Wildman–Crippen LogP) is 5.72. The van der Waals surface area contributed by atoms with Gasteiger partial charge in [-0.1, -0.05) is 82.2 Å². The van der Waals surface area contributed by atoms with Gasteiger partial charge >= 0.3 is 6.18 Å². The summed E-state index contributed by atoms with van der Waals surface area (Å²) in [7, 11) is 8.41. The number of alkyl halides is 3. The van der Waals surface area contributed by atoms with Crippen molar-refractivity contribution in [2.24, 2.45) is 11.8 Å². The van der Waals surface area contributed by atoms with Crippen LogP contribution in [0.15, 0.2) is 42.5 Å². The first-order valence-corrected chi connectivity index (χ1v) is 34.4. The molecule has 0 aromatic heterocycles.